The molecular formula is C26H24ClN3O3. The Morgan fingerprint density at radius 2 is 1.91 bits per heavy atom. The number of methoxy groups -OCH3 is 1. The Kier molecular flexibility index (Phi) is 6.95. The van der Waals surface area contributed by atoms with Gasteiger partial charge in [0, 0.05) is 22.3 Å². The van der Waals surface area contributed by atoms with E-state index in [1.807, 2.05) is 12.3 Å². The number of amides is 1. The molecule has 7 heteroatoms. The average molecular weight is 462 g/mol. The molecule has 3 aromatic carbocycles. The molecule has 0 bridgehead atoms. The maximum atomic E-state index is 12.8. The first-order valence-corrected chi connectivity index (χ1v) is 10.8. The molecule has 0 atom stereocenters. The number of aryl methyl sites for hydroxylation is 1. The van der Waals surface area contributed by atoms with Gasteiger partial charge in [-0.25, -0.2) is 0 Å². The highest BCUT2D eigenvalue weighted by molar-refractivity contribution is 6.30. The highest BCUT2D eigenvalue weighted by Crippen LogP contribution is 2.24. The molecule has 0 aliphatic heterocycles. The van der Waals surface area contributed by atoms with Crippen LogP contribution in [0.4, 0.5) is 5.69 Å². The molecule has 33 heavy (non-hydrogen) atoms. The van der Waals surface area contributed by atoms with Gasteiger partial charge in [-0.05, 0) is 55.0 Å². The summed E-state index contributed by atoms with van der Waals surface area (Å²) in [4.78, 5) is 12.8. The van der Waals surface area contributed by atoms with Gasteiger partial charge in [0.25, 0.3) is 5.91 Å². The van der Waals surface area contributed by atoms with Crippen molar-refractivity contribution < 1.29 is 14.3 Å². The van der Waals surface area contributed by atoms with E-state index >= 15 is 0 Å². The van der Waals surface area contributed by atoms with Gasteiger partial charge in [0.15, 0.2) is 0 Å². The van der Waals surface area contributed by atoms with E-state index < -0.39 is 0 Å². The SMILES string of the molecule is COc1ccc(C(=O)Nc2cnn(Cc3cccc(C)c3)c2)cc1COc1ccc(Cl)cc1. The number of carbonyl (C=O) groups is 1. The first kappa shape index (κ1) is 22.4. The number of nitrogens with zero attached hydrogens (tertiary/aromatic N) is 2. The van der Waals surface area contributed by atoms with Crippen molar-refractivity contribution in [1.29, 1.82) is 0 Å². The topological polar surface area (TPSA) is 65.4 Å². The maximum Gasteiger partial charge on any atom is 0.255 e. The summed E-state index contributed by atoms with van der Waals surface area (Å²) in [6.07, 6.45) is 3.45. The molecule has 0 fully saturated rings. The number of hydrogen-bond donors (Lipinski definition) is 1. The van der Waals surface area contributed by atoms with Gasteiger partial charge in [0.05, 0.1) is 25.5 Å². The second-order valence-electron chi connectivity index (χ2n) is 7.64. The summed E-state index contributed by atoms with van der Waals surface area (Å²) in [5.41, 5.74) is 4.23. The number of benzene rings is 3. The van der Waals surface area contributed by atoms with E-state index in [9.17, 15) is 4.79 Å². The van der Waals surface area contributed by atoms with Crippen molar-refractivity contribution in [2.75, 3.05) is 12.4 Å². The van der Waals surface area contributed by atoms with Crippen LogP contribution in [-0.4, -0.2) is 22.8 Å². The van der Waals surface area contributed by atoms with Crippen molar-refractivity contribution in [2.45, 2.75) is 20.1 Å². The lowest BCUT2D eigenvalue weighted by molar-refractivity contribution is 0.102. The smallest absolute Gasteiger partial charge is 0.255 e. The number of anilines is 1. The molecule has 4 aromatic rings. The van der Waals surface area contributed by atoms with Crippen LogP contribution in [0.5, 0.6) is 11.5 Å². The van der Waals surface area contributed by atoms with Crippen LogP contribution in [0, 0.1) is 6.92 Å². The monoisotopic (exact) mass is 461 g/mol. The number of nitrogens with one attached hydrogen (secondary N) is 1. The van der Waals surface area contributed by atoms with E-state index in [2.05, 4.69) is 35.5 Å². The lowest BCUT2D eigenvalue weighted by Crippen LogP contribution is -2.12. The maximum absolute atomic E-state index is 12.8. The number of ether oxygens (including phenoxy) is 2. The summed E-state index contributed by atoms with van der Waals surface area (Å²) in [7, 11) is 1.59. The Bertz CT molecular complexity index is 1250. The van der Waals surface area contributed by atoms with Crippen LogP contribution < -0.4 is 14.8 Å². The third kappa shape index (κ3) is 5.93. The summed E-state index contributed by atoms with van der Waals surface area (Å²) in [5, 5.41) is 7.90. The van der Waals surface area contributed by atoms with E-state index in [4.69, 9.17) is 21.1 Å². The summed E-state index contributed by atoms with van der Waals surface area (Å²) < 4.78 is 13.1. The van der Waals surface area contributed by atoms with E-state index in [0.717, 1.165) is 11.1 Å². The third-order valence-electron chi connectivity index (χ3n) is 5.07. The third-order valence-corrected chi connectivity index (χ3v) is 5.32. The van der Waals surface area contributed by atoms with Gasteiger partial charge in [0.1, 0.15) is 18.1 Å². The molecule has 1 heterocycles. The van der Waals surface area contributed by atoms with E-state index in [0.29, 0.717) is 34.3 Å². The van der Waals surface area contributed by atoms with Crippen LogP contribution in [0.25, 0.3) is 0 Å². The molecule has 1 amide bonds. The fourth-order valence-electron chi connectivity index (χ4n) is 3.44. The van der Waals surface area contributed by atoms with Crippen molar-refractivity contribution in [1.82, 2.24) is 9.78 Å². The van der Waals surface area contributed by atoms with Crippen molar-refractivity contribution in [3.05, 3.63) is 106 Å². The molecule has 0 aliphatic carbocycles. The van der Waals surface area contributed by atoms with Gasteiger partial charge >= 0.3 is 0 Å². The van der Waals surface area contributed by atoms with Gasteiger partial charge in [-0.15, -0.1) is 0 Å². The van der Waals surface area contributed by atoms with Crippen molar-refractivity contribution in [2.24, 2.45) is 0 Å². The van der Waals surface area contributed by atoms with Crippen LogP contribution in [-0.2, 0) is 13.2 Å². The van der Waals surface area contributed by atoms with Gasteiger partial charge < -0.3 is 14.8 Å². The predicted molar refractivity (Wildman–Crippen MR) is 129 cm³/mol. The standard InChI is InChI=1S/C26H24ClN3O3/c1-18-4-3-5-19(12-18)15-30-16-23(14-28-30)29-26(31)20-6-11-25(32-2)21(13-20)17-33-24-9-7-22(27)8-10-24/h3-14,16H,15,17H2,1-2H3,(H,29,31). The Morgan fingerprint density at radius 1 is 1.09 bits per heavy atom. The fraction of sp³-hybridized carbons (Fsp3) is 0.154. The molecule has 168 valence electrons. The largest absolute Gasteiger partial charge is 0.496 e. The molecule has 0 spiro atoms. The first-order chi connectivity index (χ1) is 16.0. The fourth-order valence-corrected chi connectivity index (χ4v) is 3.57. The summed E-state index contributed by atoms with van der Waals surface area (Å²) in [6.45, 7) is 2.94. The lowest BCUT2D eigenvalue weighted by atomic mass is 10.1. The van der Waals surface area contributed by atoms with Crippen molar-refractivity contribution in [3.8, 4) is 11.5 Å². The lowest BCUT2D eigenvalue weighted by Gasteiger charge is -2.12. The highest BCUT2D eigenvalue weighted by Gasteiger charge is 2.12. The molecule has 0 saturated carbocycles. The molecule has 6 nitrogen and oxygen atoms in total. The Labute approximate surface area is 197 Å². The van der Waals surface area contributed by atoms with Crippen LogP contribution in [0.1, 0.15) is 27.0 Å². The summed E-state index contributed by atoms with van der Waals surface area (Å²) in [6, 6.07) is 20.6. The Balaban J connectivity index is 1.43. The van der Waals surface area contributed by atoms with E-state index in [1.54, 1.807) is 60.5 Å². The highest BCUT2D eigenvalue weighted by atomic mass is 35.5. The van der Waals surface area contributed by atoms with Gasteiger partial charge in [-0.2, -0.15) is 5.10 Å². The number of halogens is 1. The van der Waals surface area contributed by atoms with Gasteiger partial charge in [-0.3, -0.25) is 9.48 Å². The molecule has 0 unspecified atom stereocenters. The van der Waals surface area contributed by atoms with Crippen LogP contribution in [0.2, 0.25) is 5.02 Å². The number of aromatic nitrogens is 2. The Morgan fingerprint density at radius 3 is 2.67 bits per heavy atom. The molecule has 1 N–H and O–H groups in total. The first-order valence-electron chi connectivity index (χ1n) is 10.4. The minimum atomic E-state index is -0.236. The van der Waals surface area contributed by atoms with E-state index in [-0.39, 0.29) is 12.5 Å². The Hall–Kier alpha value is -3.77. The minimum absolute atomic E-state index is 0.236. The predicted octanol–water partition coefficient (Wildman–Crippen LogP) is 5.73. The summed E-state index contributed by atoms with van der Waals surface area (Å²) >= 11 is 5.92. The minimum Gasteiger partial charge on any atom is -0.496 e. The second kappa shape index (κ2) is 10.2. The van der Waals surface area contributed by atoms with E-state index in [1.165, 1.54) is 5.56 Å². The van der Waals surface area contributed by atoms with Gasteiger partial charge in [0.2, 0.25) is 0 Å². The zero-order chi connectivity index (χ0) is 23.2. The molecule has 0 saturated heterocycles. The normalized spacial score (nSPS) is 10.6. The average Bonchev–Trinajstić information content (AvgIpc) is 3.25. The molecule has 0 radical (unpaired) electrons. The number of carbonyl (C=O) groups excluding carboxylic acids is 1. The van der Waals surface area contributed by atoms with Crippen LogP contribution in [0.3, 0.4) is 0 Å². The number of hydrogen-bond acceptors (Lipinski definition) is 4. The summed E-state index contributed by atoms with van der Waals surface area (Å²) in [5.74, 6) is 1.09. The quantitative estimate of drug-likeness (QED) is 0.363. The zero-order valence-electron chi connectivity index (χ0n) is 18.4. The number of rotatable bonds is 8. The molecule has 1 aromatic heterocycles. The molecule has 0 aliphatic rings. The van der Waals surface area contributed by atoms with Crippen LogP contribution >= 0.6 is 11.6 Å². The second-order valence-corrected chi connectivity index (χ2v) is 8.08. The zero-order valence-corrected chi connectivity index (χ0v) is 19.2. The molecule has 4 rings (SSSR count). The van der Waals surface area contributed by atoms with Crippen molar-refractivity contribution in [3.63, 3.8) is 0 Å². The van der Waals surface area contributed by atoms with Crippen molar-refractivity contribution >= 4 is 23.2 Å². The van der Waals surface area contributed by atoms with Crippen LogP contribution in [0.15, 0.2) is 79.1 Å². The molecular weight excluding hydrogens is 438 g/mol. The van der Waals surface area contributed by atoms with Gasteiger partial charge in [-0.1, -0.05) is 41.4 Å².